The summed E-state index contributed by atoms with van der Waals surface area (Å²) in [6, 6.07) is 4.07. The van der Waals surface area contributed by atoms with Crippen LogP contribution in [0.25, 0.3) is 5.57 Å². The number of hydrogen-bond donors (Lipinski definition) is 0. The second-order valence-corrected chi connectivity index (χ2v) is 2.67. The number of nitrogens with zero attached hydrogens (tertiary/aromatic N) is 1. The van der Waals surface area contributed by atoms with Crippen molar-refractivity contribution in [3.63, 3.8) is 0 Å². The van der Waals surface area contributed by atoms with Crippen LogP contribution in [0.15, 0.2) is 24.9 Å². The fraction of sp³-hybridized carbons (Fsp3) is 0.300. The second kappa shape index (κ2) is 3.33. The van der Waals surface area contributed by atoms with Crippen molar-refractivity contribution in [2.75, 3.05) is 0 Å². The van der Waals surface area contributed by atoms with Crippen molar-refractivity contribution in [1.82, 2.24) is 4.98 Å². The molecule has 0 saturated heterocycles. The summed E-state index contributed by atoms with van der Waals surface area (Å²) in [7, 11) is 0. The van der Waals surface area contributed by atoms with Gasteiger partial charge in [0.25, 0.3) is 0 Å². The Hall–Kier alpha value is -1.11. The lowest BCUT2D eigenvalue weighted by Gasteiger charge is -2.00. The monoisotopic (exact) mass is 147 g/mol. The van der Waals surface area contributed by atoms with Crippen LogP contribution in [0.3, 0.4) is 0 Å². The van der Waals surface area contributed by atoms with Gasteiger partial charge in [0, 0.05) is 11.9 Å². The second-order valence-electron chi connectivity index (χ2n) is 2.67. The normalized spacial score (nSPS) is 9.64. The molecule has 11 heavy (non-hydrogen) atoms. The predicted octanol–water partition coefficient (Wildman–Crippen LogP) is 2.68. The first kappa shape index (κ1) is 7.99. The summed E-state index contributed by atoms with van der Waals surface area (Å²) >= 11 is 0. The molecule has 0 aromatic carbocycles. The Kier molecular flexibility index (Phi) is 2.42. The highest BCUT2D eigenvalue weighted by Gasteiger charge is 1.94. The largest absolute Gasteiger partial charge is 0.261 e. The van der Waals surface area contributed by atoms with E-state index in [2.05, 4.69) is 24.6 Å². The lowest BCUT2D eigenvalue weighted by molar-refractivity contribution is 1.03. The molecular weight excluding hydrogens is 134 g/mol. The first-order valence-electron chi connectivity index (χ1n) is 3.85. The Morgan fingerprint density at radius 2 is 2.36 bits per heavy atom. The SMILES string of the molecule is C=C(C)c1ccnc(CC)c1. The highest BCUT2D eigenvalue weighted by Crippen LogP contribution is 2.11. The number of aryl methyl sites for hydroxylation is 1. The fourth-order valence-corrected chi connectivity index (χ4v) is 0.937. The Labute approximate surface area is 67.8 Å². The van der Waals surface area contributed by atoms with Crippen molar-refractivity contribution in [2.45, 2.75) is 20.3 Å². The van der Waals surface area contributed by atoms with Gasteiger partial charge < -0.3 is 0 Å². The minimum atomic E-state index is 0.987. The molecule has 0 aliphatic rings. The average molecular weight is 147 g/mol. The lowest BCUT2D eigenvalue weighted by Crippen LogP contribution is -1.87. The molecule has 1 aromatic rings. The topological polar surface area (TPSA) is 12.9 Å². The maximum absolute atomic E-state index is 4.20. The molecule has 0 amide bonds. The molecule has 1 rings (SSSR count). The lowest BCUT2D eigenvalue weighted by atomic mass is 10.1. The fourth-order valence-electron chi connectivity index (χ4n) is 0.937. The Morgan fingerprint density at radius 3 is 2.91 bits per heavy atom. The van der Waals surface area contributed by atoms with Gasteiger partial charge in [-0.25, -0.2) is 0 Å². The van der Waals surface area contributed by atoms with Gasteiger partial charge in [0.1, 0.15) is 0 Å². The van der Waals surface area contributed by atoms with Gasteiger partial charge in [-0.1, -0.05) is 19.1 Å². The van der Waals surface area contributed by atoms with Crippen LogP contribution >= 0.6 is 0 Å². The molecule has 0 spiro atoms. The summed E-state index contributed by atoms with van der Waals surface area (Å²) in [6.45, 7) is 7.98. The first-order valence-corrected chi connectivity index (χ1v) is 3.85. The van der Waals surface area contributed by atoms with Gasteiger partial charge >= 0.3 is 0 Å². The van der Waals surface area contributed by atoms with Crippen LogP contribution in [0.5, 0.6) is 0 Å². The van der Waals surface area contributed by atoms with E-state index in [0.717, 1.165) is 17.7 Å². The zero-order valence-electron chi connectivity index (χ0n) is 7.09. The number of allylic oxidation sites excluding steroid dienone is 1. The van der Waals surface area contributed by atoms with Crippen LogP contribution in [-0.2, 0) is 6.42 Å². The summed E-state index contributed by atoms with van der Waals surface area (Å²) in [5, 5.41) is 0. The van der Waals surface area contributed by atoms with Crippen LogP contribution in [0.4, 0.5) is 0 Å². The van der Waals surface area contributed by atoms with Gasteiger partial charge in [0.2, 0.25) is 0 Å². The van der Waals surface area contributed by atoms with Crippen molar-refractivity contribution < 1.29 is 0 Å². The van der Waals surface area contributed by atoms with Gasteiger partial charge in [-0.15, -0.1) is 0 Å². The number of pyridine rings is 1. The summed E-state index contributed by atoms with van der Waals surface area (Å²) < 4.78 is 0. The quantitative estimate of drug-likeness (QED) is 0.626. The van der Waals surface area contributed by atoms with E-state index in [9.17, 15) is 0 Å². The first-order chi connectivity index (χ1) is 5.24. The molecule has 58 valence electrons. The summed E-state index contributed by atoms with van der Waals surface area (Å²) in [5.74, 6) is 0. The molecule has 1 nitrogen and oxygen atoms in total. The van der Waals surface area contributed by atoms with Crippen molar-refractivity contribution in [3.8, 4) is 0 Å². The summed E-state index contributed by atoms with van der Waals surface area (Å²) in [6.07, 6.45) is 2.82. The highest BCUT2D eigenvalue weighted by atomic mass is 14.7. The van der Waals surface area contributed by atoms with E-state index >= 15 is 0 Å². The zero-order valence-corrected chi connectivity index (χ0v) is 7.09. The van der Waals surface area contributed by atoms with Crippen molar-refractivity contribution in [3.05, 3.63) is 36.2 Å². The molecule has 0 radical (unpaired) electrons. The van der Waals surface area contributed by atoms with Gasteiger partial charge in [0.15, 0.2) is 0 Å². The third-order valence-corrected chi connectivity index (χ3v) is 1.67. The molecule has 1 aromatic heterocycles. The van der Waals surface area contributed by atoms with Crippen LogP contribution in [-0.4, -0.2) is 4.98 Å². The van der Waals surface area contributed by atoms with E-state index in [-0.39, 0.29) is 0 Å². The standard InChI is InChI=1S/C10H13N/c1-4-10-7-9(8(2)3)5-6-11-10/h5-7H,2,4H2,1,3H3. The molecule has 0 unspecified atom stereocenters. The molecule has 0 N–H and O–H groups in total. The maximum Gasteiger partial charge on any atom is 0.0406 e. The molecular formula is C10H13N. The zero-order chi connectivity index (χ0) is 8.27. The van der Waals surface area contributed by atoms with Gasteiger partial charge in [-0.3, -0.25) is 4.98 Å². The van der Waals surface area contributed by atoms with Crippen LogP contribution < -0.4 is 0 Å². The summed E-state index contributed by atoms with van der Waals surface area (Å²) in [4.78, 5) is 4.20. The maximum atomic E-state index is 4.20. The Balaban J connectivity index is 3.01. The van der Waals surface area contributed by atoms with E-state index in [1.165, 1.54) is 5.56 Å². The molecule has 1 heteroatoms. The van der Waals surface area contributed by atoms with E-state index in [1.807, 2.05) is 19.2 Å². The molecule has 0 atom stereocenters. The smallest absolute Gasteiger partial charge is 0.0406 e. The molecule has 0 saturated carbocycles. The van der Waals surface area contributed by atoms with Gasteiger partial charge in [-0.2, -0.15) is 0 Å². The van der Waals surface area contributed by atoms with Crippen molar-refractivity contribution in [2.24, 2.45) is 0 Å². The number of rotatable bonds is 2. The number of hydrogen-bond acceptors (Lipinski definition) is 1. The van der Waals surface area contributed by atoms with Gasteiger partial charge in [-0.05, 0) is 31.0 Å². The Morgan fingerprint density at radius 1 is 1.64 bits per heavy atom. The van der Waals surface area contributed by atoms with E-state index in [4.69, 9.17) is 0 Å². The minimum absolute atomic E-state index is 0.987. The third-order valence-electron chi connectivity index (χ3n) is 1.67. The minimum Gasteiger partial charge on any atom is -0.261 e. The van der Waals surface area contributed by atoms with Crippen LogP contribution in [0, 0.1) is 0 Å². The molecule has 0 aliphatic carbocycles. The average Bonchev–Trinajstić information content (AvgIpc) is 2.05. The molecule has 1 heterocycles. The van der Waals surface area contributed by atoms with Crippen LogP contribution in [0.2, 0.25) is 0 Å². The molecule has 0 bridgehead atoms. The molecule has 0 aliphatic heterocycles. The van der Waals surface area contributed by atoms with Gasteiger partial charge in [0.05, 0.1) is 0 Å². The van der Waals surface area contributed by atoms with E-state index < -0.39 is 0 Å². The third kappa shape index (κ3) is 1.90. The van der Waals surface area contributed by atoms with E-state index in [0.29, 0.717) is 0 Å². The summed E-state index contributed by atoms with van der Waals surface area (Å²) in [5.41, 5.74) is 3.42. The predicted molar refractivity (Wildman–Crippen MR) is 48.3 cm³/mol. The number of aromatic nitrogens is 1. The highest BCUT2D eigenvalue weighted by molar-refractivity contribution is 5.60. The van der Waals surface area contributed by atoms with Crippen molar-refractivity contribution >= 4 is 5.57 Å². The van der Waals surface area contributed by atoms with E-state index in [1.54, 1.807) is 0 Å². The van der Waals surface area contributed by atoms with Crippen LogP contribution in [0.1, 0.15) is 25.1 Å². The van der Waals surface area contributed by atoms with Crippen molar-refractivity contribution in [1.29, 1.82) is 0 Å². The molecule has 0 fully saturated rings. The Bertz CT molecular complexity index is 263.